The first kappa shape index (κ1) is 22.7. The Morgan fingerprint density at radius 3 is 2.41 bits per heavy atom. The van der Waals surface area contributed by atoms with Crippen LogP contribution in [-0.2, 0) is 4.79 Å². The van der Waals surface area contributed by atoms with Gasteiger partial charge < -0.3 is 19.9 Å². The van der Waals surface area contributed by atoms with Crippen molar-refractivity contribution in [2.45, 2.75) is 19.4 Å². The number of aryl methyl sites for hydroxylation is 1. The third-order valence-corrected chi connectivity index (χ3v) is 4.90. The molecule has 1 heterocycles. The van der Waals surface area contributed by atoms with Crippen LogP contribution in [0.2, 0.25) is 0 Å². The van der Waals surface area contributed by atoms with Gasteiger partial charge in [0.1, 0.15) is 28.7 Å². The van der Waals surface area contributed by atoms with Crippen LogP contribution in [0.5, 0.6) is 11.5 Å². The van der Waals surface area contributed by atoms with E-state index < -0.39 is 23.7 Å². The number of amides is 1. The summed E-state index contributed by atoms with van der Waals surface area (Å²) in [6.07, 6.45) is -0.303. The Hall–Kier alpha value is -3.94. The molecule has 0 bridgehead atoms. The lowest BCUT2D eigenvalue weighted by molar-refractivity contribution is -0.137. The predicted octanol–water partition coefficient (Wildman–Crippen LogP) is 4.16. The lowest BCUT2D eigenvalue weighted by atomic mass is 10.0. The van der Waals surface area contributed by atoms with Crippen LogP contribution in [0.1, 0.15) is 34.1 Å². The van der Waals surface area contributed by atoms with Gasteiger partial charge >= 0.3 is 5.97 Å². The predicted molar refractivity (Wildman–Crippen MR) is 116 cm³/mol. The van der Waals surface area contributed by atoms with Crippen molar-refractivity contribution in [3.05, 3.63) is 77.2 Å². The molecule has 2 aromatic carbocycles. The van der Waals surface area contributed by atoms with E-state index in [-0.39, 0.29) is 29.1 Å². The van der Waals surface area contributed by atoms with Crippen molar-refractivity contribution in [2.75, 3.05) is 14.2 Å². The lowest BCUT2D eigenvalue weighted by Gasteiger charge is -2.18. The van der Waals surface area contributed by atoms with Crippen molar-refractivity contribution >= 4 is 11.9 Å². The van der Waals surface area contributed by atoms with Crippen LogP contribution < -0.4 is 14.8 Å². The van der Waals surface area contributed by atoms with Crippen molar-refractivity contribution in [1.29, 1.82) is 0 Å². The standard InChI is InChI=1S/C24H23FN2O5/c1-14-4-6-15(7-5-14)20(13-22(28)29)27-24(30)19-10-11-21(32-3)23(26-19)17-12-16(31-2)8-9-18(17)25/h4-12,20H,13H2,1-3H3,(H,27,30)(H,28,29). The number of aliphatic carboxylic acids is 1. The van der Waals surface area contributed by atoms with Crippen molar-refractivity contribution in [3.8, 4) is 22.8 Å². The molecular weight excluding hydrogens is 415 g/mol. The number of nitrogens with one attached hydrogen (secondary N) is 1. The summed E-state index contributed by atoms with van der Waals surface area (Å²) >= 11 is 0. The number of carboxylic acids is 1. The number of halogens is 1. The third kappa shape index (κ3) is 5.21. The van der Waals surface area contributed by atoms with Crippen LogP contribution in [0.15, 0.2) is 54.6 Å². The number of carbonyl (C=O) groups excluding carboxylic acids is 1. The Labute approximate surface area is 184 Å². The number of hydrogen-bond donors (Lipinski definition) is 2. The zero-order valence-electron chi connectivity index (χ0n) is 17.9. The Morgan fingerprint density at radius 2 is 1.78 bits per heavy atom. The average molecular weight is 438 g/mol. The summed E-state index contributed by atoms with van der Waals surface area (Å²) in [5, 5.41) is 12.0. The minimum atomic E-state index is -1.06. The molecule has 8 heteroatoms. The monoisotopic (exact) mass is 438 g/mol. The molecule has 3 aromatic rings. The van der Waals surface area contributed by atoms with Gasteiger partial charge in [-0.25, -0.2) is 9.37 Å². The molecule has 1 unspecified atom stereocenters. The molecular formula is C24H23FN2O5. The van der Waals surface area contributed by atoms with Gasteiger partial charge in [-0.3, -0.25) is 9.59 Å². The second-order valence-electron chi connectivity index (χ2n) is 7.13. The van der Waals surface area contributed by atoms with E-state index in [1.54, 1.807) is 12.1 Å². The molecule has 1 aromatic heterocycles. The van der Waals surface area contributed by atoms with E-state index in [1.807, 2.05) is 19.1 Å². The highest BCUT2D eigenvalue weighted by molar-refractivity contribution is 5.93. The van der Waals surface area contributed by atoms with Gasteiger partial charge in [0.05, 0.1) is 26.7 Å². The smallest absolute Gasteiger partial charge is 0.305 e. The zero-order chi connectivity index (χ0) is 23.3. The zero-order valence-corrected chi connectivity index (χ0v) is 17.9. The third-order valence-electron chi connectivity index (χ3n) is 4.90. The van der Waals surface area contributed by atoms with Gasteiger partial charge in [0.2, 0.25) is 0 Å². The average Bonchev–Trinajstić information content (AvgIpc) is 2.78. The number of benzene rings is 2. The fraction of sp³-hybridized carbons (Fsp3) is 0.208. The van der Waals surface area contributed by atoms with Crippen LogP contribution in [-0.4, -0.2) is 36.2 Å². The van der Waals surface area contributed by atoms with Crippen LogP contribution in [0.3, 0.4) is 0 Å². The molecule has 7 nitrogen and oxygen atoms in total. The number of carboxylic acid groups (broad SMARTS) is 1. The molecule has 2 N–H and O–H groups in total. The van der Waals surface area contributed by atoms with Crippen LogP contribution in [0, 0.1) is 12.7 Å². The maximum atomic E-state index is 14.5. The first-order valence-corrected chi connectivity index (χ1v) is 9.80. The molecule has 1 atom stereocenters. The molecule has 0 fully saturated rings. The summed E-state index contributed by atoms with van der Waals surface area (Å²) in [6, 6.07) is 13.6. The second-order valence-corrected chi connectivity index (χ2v) is 7.13. The summed E-state index contributed by atoms with van der Waals surface area (Å²) in [5.74, 6) is -1.52. The fourth-order valence-electron chi connectivity index (χ4n) is 3.20. The number of nitrogens with zero attached hydrogens (tertiary/aromatic N) is 1. The molecule has 0 saturated heterocycles. The minimum absolute atomic E-state index is 0.00878. The van der Waals surface area contributed by atoms with Gasteiger partial charge in [0.15, 0.2) is 0 Å². The van der Waals surface area contributed by atoms with Crippen LogP contribution >= 0.6 is 0 Å². The molecule has 0 aliphatic heterocycles. The molecule has 166 valence electrons. The maximum absolute atomic E-state index is 14.5. The summed E-state index contributed by atoms with van der Waals surface area (Å²) < 4.78 is 25.0. The molecule has 0 saturated carbocycles. The highest BCUT2D eigenvalue weighted by Crippen LogP contribution is 2.33. The Kier molecular flexibility index (Phi) is 7.04. The Bertz CT molecular complexity index is 1130. The number of rotatable bonds is 8. The van der Waals surface area contributed by atoms with Gasteiger partial charge in [0.25, 0.3) is 5.91 Å². The van der Waals surface area contributed by atoms with E-state index >= 15 is 0 Å². The number of carbonyl (C=O) groups is 2. The van der Waals surface area contributed by atoms with Gasteiger partial charge in [-0.15, -0.1) is 0 Å². The van der Waals surface area contributed by atoms with Crippen molar-refractivity contribution < 1.29 is 28.6 Å². The topological polar surface area (TPSA) is 97.8 Å². The highest BCUT2D eigenvalue weighted by atomic mass is 19.1. The van der Waals surface area contributed by atoms with Crippen molar-refractivity contribution in [2.24, 2.45) is 0 Å². The highest BCUT2D eigenvalue weighted by Gasteiger charge is 2.22. The number of hydrogen-bond acceptors (Lipinski definition) is 5. The van der Waals surface area contributed by atoms with E-state index in [0.717, 1.165) is 5.56 Å². The Balaban J connectivity index is 1.96. The molecule has 1 amide bonds. The number of methoxy groups -OCH3 is 2. The van der Waals surface area contributed by atoms with Gasteiger partial charge in [-0.1, -0.05) is 29.8 Å². The van der Waals surface area contributed by atoms with E-state index in [4.69, 9.17) is 9.47 Å². The van der Waals surface area contributed by atoms with E-state index in [2.05, 4.69) is 10.3 Å². The van der Waals surface area contributed by atoms with E-state index in [0.29, 0.717) is 11.3 Å². The van der Waals surface area contributed by atoms with Crippen LogP contribution in [0.4, 0.5) is 4.39 Å². The SMILES string of the molecule is COc1ccc(F)c(-c2nc(C(=O)NC(CC(=O)O)c3ccc(C)cc3)ccc2OC)c1. The van der Waals surface area contributed by atoms with Gasteiger partial charge in [-0.05, 0) is 42.8 Å². The first-order chi connectivity index (χ1) is 15.3. The molecule has 0 aliphatic rings. The normalized spacial score (nSPS) is 11.5. The first-order valence-electron chi connectivity index (χ1n) is 9.80. The number of pyridine rings is 1. The minimum Gasteiger partial charge on any atom is -0.497 e. The van der Waals surface area contributed by atoms with E-state index in [9.17, 15) is 19.1 Å². The van der Waals surface area contributed by atoms with Crippen molar-refractivity contribution in [1.82, 2.24) is 10.3 Å². The summed E-state index contributed by atoms with van der Waals surface area (Å²) in [4.78, 5) is 28.6. The van der Waals surface area contributed by atoms with E-state index in [1.165, 1.54) is 44.6 Å². The largest absolute Gasteiger partial charge is 0.497 e. The fourth-order valence-corrected chi connectivity index (χ4v) is 3.20. The number of aromatic nitrogens is 1. The molecule has 0 aliphatic carbocycles. The molecule has 0 spiro atoms. The second kappa shape index (κ2) is 9.91. The molecule has 3 rings (SSSR count). The van der Waals surface area contributed by atoms with Crippen LogP contribution in [0.25, 0.3) is 11.3 Å². The lowest BCUT2D eigenvalue weighted by Crippen LogP contribution is -2.31. The molecule has 0 radical (unpaired) electrons. The summed E-state index contributed by atoms with van der Waals surface area (Å²) in [7, 11) is 2.87. The summed E-state index contributed by atoms with van der Waals surface area (Å²) in [6.45, 7) is 1.91. The van der Waals surface area contributed by atoms with Gasteiger partial charge in [-0.2, -0.15) is 0 Å². The Morgan fingerprint density at radius 1 is 1.06 bits per heavy atom. The number of ether oxygens (including phenoxy) is 2. The molecule has 32 heavy (non-hydrogen) atoms. The van der Waals surface area contributed by atoms with Crippen molar-refractivity contribution in [3.63, 3.8) is 0 Å². The maximum Gasteiger partial charge on any atom is 0.305 e. The van der Waals surface area contributed by atoms with Gasteiger partial charge in [0, 0.05) is 5.56 Å². The quantitative estimate of drug-likeness (QED) is 0.548. The summed E-state index contributed by atoms with van der Waals surface area (Å²) in [5.41, 5.74) is 1.89.